The third kappa shape index (κ3) is 23.0. The van der Waals surface area contributed by atoms with Gasteiger partial charge in [-0.15, -0.1) is 0 Å². The number of hydrogen-bond donors (Lipinski definition) is 1. The monoisotopic (exact) mass is 410 g/mol. The largest absolute Gasteiger partial charge is 0.481 e. The Morgan fingerprint density at radius 3 is 1.72 bits per heavy atom. The molecule has 4 nitrogen and oxygen atoms in total. The van der Waals surface area contributed by atoms with E-state index in [0.717, 1.165) is 64.2 Å². The van der Waals surface area contributed by atoms with Crippen LogP contribution in [0.25, 0.3) is 0 Å². The van der Waals surface area contributed by atoms with Crippen molar-refractivity contribution < 1.29 is 19.4 Å². The second-order valence-corrected chi connectivity index (χ2v) is 7.68. The lowest BCUT2D eigenvalue weighted by molar-refractivity contribution is -0.144. The highest BCUT2D eigenvalue weighted by atomic mass is 16.7. The zero-order valence-electron chi connectivity index (χ0n) is 19.1. The van der Waals surface area contributed by atoms with E-state index in [1.165, 1.54) is 25.7 Å². The van der Waals surface area contributed by atoms with Gasteiger partial charge in [0.2, 0.25) is 0 Å². The first-order chi connectivity index (χ1) is 14.2. The fourth-order valence-corrected chi connectivity index (χ4v) is 2.98. The van der Waals surface area contributed by atoms with Crippen LogP contribution < -0.4 is 0 Å². The third-order valence-electron chi connectivity index (χ3n) is 4.79. The van der Waals surface area contributed by atoms with Gasteiger partial charge in [0.1, 0.15) is 0 Å². The molecule has 0 fully saturated rings. The van der Waals surface area contributed by atoms with Crippen LogP contribution in [0, 0.1) is 0 Å². The summed E-state index contributed by atoms with van der Waals surface area (Å²) in [6, 6.07) is 0. The van der Waals surface area contributed by atoms with Gasteiger partial charge in [-0.2, -0.15) is 0 Å². The van der Waals surface area contributed by atoms with Crippen LogP contribution in [0.1, 0.15) is 110 Å². The Hall–Kier alpha value is -1.13. The molecular formula is C25H46O4. The summed E-state index contributed by atoms with van der Waals surface area (Å²) in [7, 11) is 0. The lowest BCUT2D eigenvalue weighted by atomic mass is 10.1. The van der Waals surface area contributed by atoms with Gasteiger partial charge in [-0.25, -0.2) is 0 Å². The maximum absolute atomic E-state index is 10.5. The smallest absolute Gasteiger partial charge is 0.303 e. The first-order valence-corrected chi connectivity index (χ1v) is 12.0. The summed E-state index contributed by atoms with van der Waals surface area (Å²) in [4.78, 5) is 10.5. The molecule has 0 amide bonds. The number of carbonyl (C=O) groups is 1. The molecule has 1 N–H and O–H groups in total. The van der Waals surface area contributed by atoms with Gasteiger partial charge in [-0.1, -0.05) is 83.1 Å². The van der Waals surface area contributed by atoms with E-state index in [-0.39, 0.29) is 12.7 Å². The second-order valence-electron chi connectivity index (χ2n) is 7.68. The van der Waals surface area contributed by atoms with Crippen LogP contribution in [0.5, 0.6) is 0 Å². The number of unbranched alkanes of at least 4 members (excludes halogenated alkanes) is 8. The summed E-state index contributed by atoms with van der Waals surface area (Å²) in [5.74, 6) is -0.695. The third-order valence-corrected chi connectivity index (χ3v) is 4.79. The van der Waals surface area contributed by atoms with E-state index in [1.807, 2.05) is 0 Å². The Labute approximate surface area is 179 Å². The predicted molar refractivity (Wildman–Crippen MR) is 122 cm³/mol. The summed E-state index contributed by atoms with van der Waals surface area (Å²) in [6.45, 7) is 5.84. The van der Waals surface area contributed by atoms with Crippen LogP contribution in [0.2, 0.25) is 0 Å². The topological polar surface area (TPSA) is 55.8 Å². The first-order valence-electron chi connectivity index (χ1n) is 12.0. The zero-order valence-corrected chi connectivity index (χ0v) is 19.1. The van der Waals surface area contributed by atoms with Crippen molar-refractivity contribution in [2.45, 2.75) is 116 Å². The number of allylic oxidation sites excluding steroid dienone is 2. The molecule has 0 bridgehead atoms. The lowest BCUT2D eigenvalue weighted by Crippen LogP contribution is -2.18. The molecule has 0 radical (unpaired) electrons. The van der Waals surface area contributed by atoms with Gasteiger partial charge in [0, 0.05) is 6.42 Å². The fraction of sp³-hybridized carbons (Fsp3) is 0.800. The van der Waals surface area contributed by atoms with Gasteiger partial charge >= 0.3 is 5.97 Å². The van der Waals surface area contributed by atoms with Gasteiger partial charge in [0.25, 0.3) is 0 Å². The molecule has 0 saturated heterocycles. The Morgan fingerprint density at radius 1 is 0.724 bits per heavy atom. The molecule has 0 rings (SSSR count). The molecular weight excluding hydrogens is 364 g/mol. The highest BCUT2D eigenvalue weighted by Gasteiger charge is 2.08. The highest BCUT2D eigenvalue weighted by Crippen LogP contribution is 2.12. The molecule has 29 heavy (non-hydrogen) atoms. The Morgan fingerprint density at radius 2 is 1.21 bits per heavy atom. The number of rotatable bonds is 22. The van der Waals surface area contributed by atoms with E-state index >= 15 is 0 Å². The van der Waals surface area contributed by atoms with E-state index in [0.29, 0.717) is 13.2 Å². The van der Waals surface area contributed by atoms with Crippen molar-refractivity contribution in [3.05, 3.63) is 24.3 Å². The maximum atomic E-state index is 10.5. The molecule has 0 spiro atoms. The van der Waals surface area contributed by atoms with E-state index in [2.05, 4.69) is 38.2 Å². The minimum atomic E-state index is -0.695. The average molecular weight is 411 g/mol. The Balaban J connectivity index is 3.98. The standard InChI is InChI=1S/C25H46O4/c1-3-5-7-9-14-18-22-28-25(29-23-19-15-10-8-6-4-2)21-17-13-11-12-16-20-24(26)27/h9-10,14-15,25H,3-8,11-13,16-23H2,1-2H3,(H,26,27)/b14-9-,15-10-. The molecule has 170 valence electrons. The van der Waals surface area contributed by atoms with Gasteiger partial charge < -0.3 is 14.6 Å². The first kappa shape index (κ1) is 27.9. The number of carboxylic acids is 1. The summed E-state index contributed by atoms with van der Waals surface area (Å²) < 4.78 is 12.0. The van der Waals surface area contributed by atoms with Crippen molar-refractivity contribution in [1.82, 2.24) is 0 Å². The molecule has 0 saturated carbocycles. The lowest BCUT2D eigenvalue weighted by Gasteiger charge is -2.18. The van der Waals surface area contributed by atoms with Crippen molar-refractivity contribution in [3.8, 4) is 0 Å². The fourth-order valence-electron chi connectivity index (χ4n) is 2.98. The van der Waals surface area contributed by atoms with Crippen molar-refractivity contribution in [3.63, 3.8) is 0 Å². The average Bonchev–Trinajstić information content (AvgIpc) is 2.70. The van der Waals surface area contributed by atoms with Crippen molar-refractivity contribution in [2.24, 2.45) is 0 Å². The molecule has 0 unspecified atom stereocenters. The van der Waals surface area contributed by atoms with Crippen LogP contribution in [0.3, 0.4) is 0 Å². The van der Waals surface area contributed by atoms with E-state index in [9.17, 15) is 4.79 Å². The van der Waals surface area contributed by atoms with Crippen molar-refractivity contribution in [1.29, 1.82) is 0 Å². The van der Waals surface area contributed by atoms with E-state index < -0.39 is 5.97 Å². The van der Waals surface area contributed by atoms with Crippen LogP contribution in [0.4, 0.5) is 0 Å². The number of ether oxygens (including phenoxy) is 2. The quantitative estimate of drug-likeness (QED) is 0.114. The normalized spacial score (nSPS) is 12.0. The second kappa shape index (κ2) is 23.2. The van der Waals surface area contributed by atoms with Crippen molar-refractivity contribution >= 4 is 5.97 Å². The minimum Gasteiger partial charge on any atom is -0.481 e. The maximum Gasteiger partial charge on any atom is 0.303 e. The number of hydrogen-bond acceptors (Lipinski definition) is 3. The molecule has 0 aromatic carbocycles. The van der Waals surface area contributed by atoms with Crippen LogP contribution in [0.15, 0.2) is 24.3 Å². The summed E-state index contributed by atoms with van der Waals surface area (Å²) in [5, 5.41) is 8.67. The van der Waals surface area contributed by atoms with Crippen LogP contribution in [-0.4, -0.2) is 30.6 Å². The molecule has 0 aliphatic carbocycles. The molecule has 0 aromatic heterocycles. The molecule has 0 heterocycles. The molecule has 0 aliphatic heterocycles. The van der Waals surface area contributed by atoms with Gasteiger partial charge in [0.05, 0.1) is 13.2 Å². The van der Waals surface area contributed by atoms with Crippen LogP contribution >= 0.6 is 0 Å². The minimum absolute atomic E-state index is 0.123. The number of aliphatic carboxylic acids is 1. The summed E-state index contributed by atoms with van der Waals surface area (Å²) >= 11 is 0. The molecule has 0 atom stereocenters. The van der Waals surface area contributed by atoms with Gasteiger partial charge in [0.15, 0.2) is 6.29 Å². The molecule has 4 heteroatoms. The summed E-state index contributed by atoms with van der Waals surface area (Å²) in [6.07, 6.45) is 24.2. The Kier molecular flexibility index (Phi) is 22.2. The van der Waals surface area contributed by atoms with Crippen LogP contribution in [-0.2, 0) is 14.3 Å². The molecule has 0 aliphatic rings. The predicted octanol–water partition coefficient (Wildman–Crippen LogP) is 7.43. The van der Waals surface area contributed by atoms with Gasteiger partial charge in [-0.05, 0) is 44.9 Å². The SMILES string of the molecule is CCCC/C=C\CCOC(CCCCCCCC(=O)O)OCC/C=C\CCCC. The molecule has 0 aromatic rings. The van der Waals surface area contributed by atoms with E-state index in [1.54, 1.807) is 0 Å². The number of carboxylic acid groups (broad SMARTS) is 1. The zero-order chi connectivity index (χ0) is 21.4. The summed E-state index contributed by atoms with van der Waals surface area (Å²) in [5.41, 5.74) is 0. The highest BCUT2D eigenvalue weighted by molar-refractivity contribution is 5.66. The van der Waals surface area contributed by atoms with E-state index in [4.69, 9.17) is 14.6 Å². The van der Waals surface area contributed by atoms with Gasteiger partial charge in [-0.3, -0.25) is 4.79 Å². The Bertz CT molecular complexity index is 380. The van der Waals surface area contributed by atoms with Crippen molar-refractivity contribution in [2.75, 3.05) is 13.2 Å².